The van der Waals surface area contributed by atoms with Crippen LogP contribution < -0.4 is 10.6 Å². The zero-order valence-corrected chi connectivity index (χ0v) is 12.8. The monoisotopic (exact) mass is 304 g/mol. The fourth-order valence-corrected chi connectivity index (χ4v) is 1.96. The van der Waals surface area contributed by atoms with E-state index in [1.54, 1.807) is 0 Å². The Morgan fingerprint density at radius 1 is 1.29 bits per heavy atom. The summed E-state index contributed by atoms with van der Waals surface area (Å²) < 4.78 is 4.66. The summed E-state index contributed by atoms with van der Waals surface area (Å²) in [5.74, 6) is -0.0941. The highest BCUT2D eigenvalue weighted by molar-refractivity contribution is 7.80. The van der Waals surface area contributed by atoms with Crippen LogP contribution in [-0.4, -0.2) is 28.4 Å². The second-order valence-corrected chi connectivity index (χ2v) is 4.94. The molecule has 0 atom stereocenters. The largest absolute Gasteiger partial charge is 0.465 e. The van der Waals surface area contributed by atoms with Crippen LogP contribution in [0.4, 0.5) is 11.5 Å². The number of aromatic amines is 1. The molecule has 1 heterocycles. The van der Waals surface area contributed by atoms with Crippen molar-refractivity contribution in [2.24, 2.45) is 0 Å². The second kappa shape index (κ2) is 6.36. The van der Waals surface area contributed by atoms with Gasteiger partial charge in [0.25, 0.3) is 0 Å². The molecule has 2 rings (SSSR count). The molecular weight excluding hydrogens is 288 g/mol. The average molecular weight is 304 g/mol. The molecule has 0 radical (unpaired) electrons. The van der Waals surface area contributed by atoms with Crippen molar-refractivity contribution in [3.63, 3.8) is 0 Å². The molecule has 1 aromatic carbocycles. The van der Waals surface area contributed by atoms with E-state index in [9.17, 15) is 4.79 Å². The minimum atomic E-state index is -0.486. The molecule has 21 heavy (non-hydrogen) atoms. The van der Waals surface area contributed by atoms with Gasteiger partial charge in [0.15, 0.2) is 5.11 Å². The summed E-state index contributed by atoms with van der Waals surface area (Å²) in [6.07, 6.45) is 1.38. The zero-order chi connectivity index (χ0) is 15.4. The molecule has 1 aromatic heterocycles. The lowest BCUT2D eigenvalue weighted by atomic mass is 10.1. The number of nitrogens with zero attached hydrogens (tertiary/aromatic N) is 1. The third-order valence-electron chi connectivity index (χ3n) is 3.05. The molecule has 3 N–H and O–H groups in total. The summed E-state index contributed by atoms with van der Waals surface area (Å²) >= 11 is 5.22. The summed E-state index contributed by atoms with van der Waals surface area (Å²) in [6, 6.07) is 5.94. The highest BCUT2D eigenvalue weighted by Gasteiger charge is 2.15. The third kappa shape index (κ3) is 3.57. The van der Waals surface area contributed by atoms with E-state index in [1.165, 1.54) is 24.4 Å². The Hall–Kier alpha value is -2.41. The van der Waals surface area contributed by atoms with Gasteiger partial charge < -0.3 is 15.4 Å². The van der Waals surface area contributed by atoms with Gasteiger partial charge in [-0.3, -0.25) is 5.10 Å². The Balaban J connectivity index is 2.07. The molecule has 2 aromatic rings. The number of methoxy groups -OCH3 is 1. The number of thiocarbonyl (C=S) groups is 1. The maximum Gasteiger partial charge on any atom is 0.343 e. The number of carbonyl (C=O) groups excluding carboxylic acids is 1. The van der Waals surface area contributed by atoms with Gasteiger partial charge in [-0.05, 0) is 49.3 Å². The van der Waals surface area contributed by atoms with Crippen molar-refractivity contribution in [3.05, 3.63) is 41.1 Å². The summed E-state index contributed by atoms with van der Waals surface area (Å²) in [4.78, 5) is 11.5. The van der Waals surface area contributed by atoms with Gasteiger partial charge in [0.2, 0.25) is 0 Å². The molecule has 0 fully saturated rings. The molecule has 0 aliphatic heterocycles. The van der Waals surface area contributed by atoms with Crippen LogP contribution >= 0.6 is 12.2 Å². The number of aryl methyl sites for hydroxylation is 2. The number of aromatic nitrogens is 2. The van der Waals surface area contributed by atoms with Crippen molar-refractivity contribution < 1.29 is 9.53 Å². The third-order valence-corrected chi connectivity index (χ3v) is 3.25. The van der Waals surface area contributed by atoms with Gasteiger partial charge in [-0.25, -0.2) is 4.79 Å². The van der Waals surface area contributed by atoms with Crippen molar-refractivity contribution in [1.82, 2.24) is 10.2 Å². The summed E-state index contributed by atoms with van der Waals surface area (Å²) in [5.41, 5.74) is 3.54. The van der Waals surface area contributed by atoms with E-state index in [4.69, 9.17) is 12.2 Å². The Bertz CT molecular complexity index is 681. The van der Waals surface area contributed by atoms with Gasteiger partial charge in [-0.2, -0.15) is 5.10 Å². The minimum absolute atomic E-state index is 0.293. The fourth-order valence-electron chi connectivity index (χ4n) is 1.74. The van der Waals surface area contributed by atoms with E-state index >= 15 is 0 Å². The summed E-state index contributed by atoms with van der Waals surface area (Å²) in [5, 5.41) is 12.8. The van der Waals surface area contributed by atoms with Gasteiger partial charge in [0.05, 0.1) is 13.3 Å². The molecule has 0 aliphatic rings. The van der Waals surface area contributed by atoms with Gasteiger partial charge in [-0.15, -0.1) is 0 Å². The molecule has 0 amide bonds. The van der Waals surface area contributed by atoms with Crippen molar-refractivity contribution >= 4 is 34.8 Å². The molecule has 6 nitrogen and oxygen atoms in total. The SMILES string of the molecule is COC(=O)c1cn[nH]c1NC(=S)Nc1ccc(C)c(C)c1. The maximum atomic E-state index is 11.5. The minimum Gasteiger partial charge on any atom is -0.465 e. The van der Waals surface area contributed by atoms with E-state index in [0.29, 0.717) is 16.5 Å². The number of nitrogens with one attached hydrogen (secondary N) is 3. The van der Waals surface area contributed by atoms with Crippen LogP contribution in [0.5, 0.6) is 0 Å². The highest BCUT2D eigenvalue weighted by atomic mass is 32.1. The molecule has 0 unspecified atom stereocenters. The normalized spacial score (nSPS) is 10.0. The molecule has 0 bridgehead atoms. The highest BCUT2D eigenvalue weighted by Crippen LogP contribution is 2.16. The first-order chi connectivity index (χ1) is 10.0. The standard InChI is InChI=1S/C14H16N4O2S/c1-8-4-5-10(6-9(8)2)16-14(21)17-12-11(7-15-18-12)13(19)20-3/h4-7H,1-3H3,(H3,15,16,17,18,21). The van der Waals surface area contributed by atoms with E-state index in [1.807, 2.05) is 32.0 Å². The number of esters is 1. The quantitative estimate of drug-likeness (QED) is 0.597. The number of benzene rings is 1. The van der Waals surface area contributed by atoms with Gasteiger partial charge in [-0.1, -0.05) is 6.07 Å². The number of rotatable bonds is 3. The van der Waals surface area contributed by atoms with Gasteiger partial charge in [0.1, 0.15) is 11.4 Å². The number of anilines is 2. The Labute approximate surface area is 127 Å². The molecule has 0 aliphatic carbocycles. The van der Waals surface area contributed by atoms with E-state index in [-0.39, 0.29) is 0 Å². The second-order valence-electron chi connectivity index (χ2n) is 4.53. The van der Waals surface area contributed by atoms with Crippen molar-refractivity contribution in [2.75, 3.05) is 17.7 Å². The topological polar surface area (TPSA) is 79.0 Å². The van der Waals surface area contributed by atoms with Crippen LogP contribution in [-0.2, 0) is 4.74 Å². The lowest BCUT2D eigenvalue weighted by Crippen LogP contribution is -2.21. The predicted octanol–water partition coefficient (Wildman–Crippen LogP) is 2.62. The smallest absolute Gasteiger partial charge is 0.343 e. The summed E-state index contributed by atoms with van der Waals surface area (Å²) in [6.45, 7) is 4.07. The van der Waals surface area contributed by atoms with Crippen LogP contribution in [0, 0.1) is 13.8 Å². The number of carbonyl (C=O) groups is 1. The van der Waals surface area contributed by atoms with E-state index < -0.39 is 5.97 Å². The van der Waals surface area contributed by atoms with E-state index in [0.717, 1.165) is 5.69 Å². The maximum absolute atomic E-state index is 11.5. The van der Waals surface area contributed by atoms with Crippen molar-refractivity contribution in [3.8, 4) is 0 Å². The zero-order valence-electron chi connectivity index (χ0n) is 12.0. The molecule has 110 valence electrons. The first-order valence-corrected chi connectivity index (χ1v) is 6.69. The number of hydrogen-bond donors (Lipinski definition) is 3. The summed E-state index contributed by atoms with van der Waals surface area (Å²) in [7, 11) is 1.31. The van der Waals surface area contributed by atoms with Gasteiger partial charge >= 0.3 is 5.97 Å². The lowest BCUT2D eigenvalue weighted by Gasteiger charge is -2.11. The van der Waals surface area contributed by atoms with Crippen LogP contribution in [0.3, 0.4) is 0 Å². The van der Waals surface area contributed by atoms with Crippen molar-refractivity contribution in [2.45, 2.75) is 13.8 Å². The molecule has 7 heteroatoms. The van der Waals surface area contributed by atoms with Crippen LogP contribution in [0.1, 0.15) is 21.5 Å². The first kappa shape index (κ1) is 15.0. The van der Waals surface area contributed by atoms with Crippen LogP contribution in [0.15, 0.2) is 24.4 Å². The van der Waals surface area contributed by atoms with E-state index in [2.05, 4.69) is 25.6 Å². The fraction of sp³-hybridized carbons (Fsp3) is 0.214. The lowest BCUT2D eigenvalue weighted by molar-refractivity contribution is 0.0602. The van der Waals surface area contributed by atoms with Crippen molar-refractivity contribution in [1.29, 1.82) is 0 Å². The molecule has 0 saturated carbocycles. The first-order valence-electron chi connectivity index (χ1n) is 6.28. The average Bonchev–Trinajstić information content (AvgIpc) is 2.90. The number of ether oxygens (including phenoxy) is 1. The Morgan fingerprint density at radius 3 is 2.71 bits per heavy atom. The molecular formula is C14H16N4O2S. The number of H-pyrrole nitrogens is 1. The molecule has 0 spiro atoms. The van der Waals surface area contributed by atoms with Crippen LogP contribution in [0.2, 0.25) is 0 Å². The number of hydrogen-bond acceptors (Lipinski definition) is 4. The Kier molecular flexibility index (Phi) is 4.54. The Morgan fingerprint density at radius 2 is 2.05 bits per heavy atom. The predicted molar refractivity (Wildman–Crippen MR) is 85.7 cm³/mol. The molecule has 0 saturated heterocycles. The van der Waals surface area contributed by atoms with Crippen LogP contribution in [0.25, 0.3) is 0 Å². The van der Waals surface area contributed by atoms with Gasteiger partial charge in [0, 0.05) is 5.69 Å².